The van der Waals surface area contributed by atoms with E-state index in [1.165, 1.54) is 6.92 Å². The lowest BCUT2D eigenvalue weighted by Crippen LogP contribution is -2.10. The number of unbranched alkanes of at least 4 members (excludes halogenated alkanes) is 1. The van der Waals surface area contributed by atoms with Crippen LogP contribution in [-0.4, -0.2) is 18.4 Å². The second-order valence-electron chi connectivity index (χ2n) is 3.43. The summed E-state index contributed by atoms with van der Waals surface area (Å²) >= 11 is 0. The molecule has 0 saturated carbocycles. The Labute approximate surface area is 90.8 Å². The smallest absolute Gasteiger partial charge is 0.333 e. The molecular weight excluding hydrogens is 192 g/mol. The molecule has 0 atom stereocenters. The molecule has 0 saturated heterocycles. The van der Waals surface area contributed by atoms with E-state index in [-0.39, 0.29) is 17.8 Å². The molecule has 0 aliphatic carbocycles. The molecule has 0 rings (SSSR count). The van der Waals surface area contributed by atoms with Gasteiger partial charge in [-0.3, -0.25) is 4.79 Å². The maximum absolute atomic E-state index is 11.3. The first-order valence-electron chi connectivity index (χ1n) is 5.02. The van der Waals surface area contributed by atoms with Crippen LogP contribution in [0.3, 0.4) is 0 Å². The van der Waals surface area contributed by atoms with Gasteiger partial charge in [-0.1, -0.05) is 26.5 Å². The van der Waals surface area contributed by atoms with E-state index in [2.05, 4.69) is 13.2 Å². The molecule has 84 valence electrons. The summed E-state index contributed by atoms with van der Waals surface area (Å²) in [7, 11) is 0. The van der Waals surface area contributed by atoms with E-state index in [0.717, 1.165) is 12.8 Å². The fourth-order valence-corrected chi connectivity index (χ4v) is 0.865. The number of hydrogen-bond donors (Lipinski definition) is 0. The monoisotopic (exact) mass is 210 g/mol. The SMILES string of the molecule is C=C(CC(=C)C(=O)OCCCC)C(C)=O. The summed E-state index contributed by atoms with van der Waals surface area (Å²) in [6.07, 6.45) is 2.01. The summed E-state index contributed by atoms with van der Waals surface area (Å²) in [4.78, 5) is 22.2. The van der Waals surface area contributed by atoms with Crippen LogP contribution < -0.4 is 0 Å². The van der Waals surface area contributed by atoms with Gasteiger partial charge in [0.05, 0.1) is 6.61 Å². The topological polar surface area (TPSA) is 43.4 Å². The third kappa shape index (κ3) is 5.83. The largest absolute Gasteiger partial charge is 0.462 e. The van der Waals surface area contributed by atoms with Crippen LogP contribution in [0.1, 0.15) is 33.1 Å². The zero-order valence-electron chi connectivity index (χ0n) is 9.47. The van der Waals surface area contributed by atoms with E-state index in [1.807, 2.05) is 6.92 Å². The Bertz CT molecular complexity index is 277. The minimum absolute atomic E-state index is 0.127. The molecule has 0 aromatic carbocycles. The number of carbonyl (C=O) groups excluding carboxylic acids is 2. The average Bonchev–Trinajstić information content (AvgIpc) is 2.17. The summed E-state index contributed by atoms with van der Waals surface area (Å²) in [6.45, 7) is 11.0. The minimum Gasteiger partial charge on any atom is -0.462 e. The average molecular weight is 210 g/mol. The molecule has 0 bridgehead atoms. The highest BCUT2D eigenvalue weighted by Gasteiger charge is 2.11. The second-order valence-corrected chi connectivity index (χ2v) is 3.43. The van der Waals surface area contributed by atoms with Gasteiger partial charge >= 0.3 is 5.97 Å². The predicted octanol–water partition coefficient (Wildman–Crippen LogP) is 2.42. The molecule has 3 nitrogen and oxygen atoms in total. The number of rotatable bonds is 7. The first-order valence-corrected chi connectivity index (χ1v) is 5.02. The molecular formula is C12H18O3. The van der Waals surface area contributed by atoms with Crippen LogP contribution in [0.25, 0.3) is 0 Å². The Morgan fingerprint density at radius 3 is 2.27 bits per heavy atom. The minimum atomic E-state index is -0.439. The van der Waals surface area contributed by atoms with E-state index >= 15 is 0 Å². The Balaban J connectivity index is 3.94. The first kappa shape index (κ1) is 13.6. The highest BCUT2D eigenvalue weighted by molar-refractivity contribution is 5.96. The molecule has 0 aliphatic heterocycles. The van der Waals surface area contributed by atoms with Crippen molar-refractivity contribution in [2.45, 2.75) is 33.1 Å². The van der Waals surface area contributed by atoms with Gasteiger partial charge in [0, 0.05) is 12.0 Å². The highest BCUT2D eigenvalue weighted by atomic mass is 16.5. The third-order valence-corrected chi connectivity index (χ3v) is 1.94. The van der Waals surface area contributed by atoms with Gasteiger partial charge in [0.1, 0.15) is 0 Å². The van der Waals surface area contributed by atoms with Gasteiger partial charge in [0.15, 0.2) is 5.78 Å². The lowest BCUT2D eigenvalue weighted by atomic mass is 10.1. The second kappa shape index (κ2) is 6.98. The molecule has 0 unspecified atom stereocenters. The van der Waals surface area contributed by atoms with Crippen LogP contribution in [0.2, 0.25) is 0 Å². The molecule has 0 aromatic rings. The van der Waals surface area contributed by atoms with Crippen LogP contribution in [0, 0.1) is 0 Å². The third-order valence-electron chi connectivity index (χ3n) is 1.94. The molecule has 0 heterocycles. The van der Waals surface area contributed by atoms with Crippen LogP contribution >= 0.6 is 0 Å². The summed E-state index contributed by atoms with van der Waals surface area (Å²) < 4.78 is 4.93. The molecule has 15 heavy (non-hydrogen) atoms. The van der Waals surface area contributed by atoms with E-state index in [0.29, 0.717) is 12.2 Å². The van der Waals surface area contributed by atoms with E-state index in [4.69, 9.17) is 4.74 Å². The molecule has 3 heteroatoms. The molecule has 0 fully saturated rings. The van der Waals surface area contributed by atoms with Crippen molar-refractivity contribution in [3.63, 3.8) is 0 Å². The standard InChI is InChI=1S/C12H18O3/c1-5-6-7-15-12(14)10(3)8-9(2)11(4)13/h2-3,5-8H2,1,4H3. The van der Waals surface area contributed by atoms with Gasteiger partial charge in [-0.2, -0.15) is 0 Å². The summed E-state index contributed by atoms with van der Waals surface area (Å²) in [6, 6.07) is 0. The Morgan fingerprint density at radius 1 is 1.20 bits per heavy atom. The van der Waals surface area contributed by atoms with Crippen molar-refractivity contribution in [2.75, 3.05) is 6.61 Å². The quantitative estimate of drug-likeness (QED) is 0.368. The van der Waals surface area contributed by atoms with Crippen molar-refractivity contribution in [3.05, 3.63) is 24.3 Å². The van der Waals surface area contributed by atoms with Gasteiger partial charge in [-0.15, -0.1) is 0 Å². The van der Waals surface area contributed by atoms with Crippen molar-refractivity contribution in [3.8, 4) is 0 Å². The molecule has 0 N–H and O–H groups in total. The summed E-state index contributed by atoms with van der Waals surface area (Å²) in [5.74, 6) is -0.566. The number of ether oxygens (including phenoxy) is 1. The number of ketones is 1. The van der Waals surface area contributed by atoms with E-state index in [1.54, 1.807) is 0 Å². The number of carbonyl (C=O) groups is 2. The zero-order valence-corrected chi connectivity index (χ0v) is 9.47. The van der Waals surface area contributed by atoms with Crippen molar-refractivity contribution in [1.82, 2.24) is 0 Å². The Morgan fingerprint density at radius 2 is 1.80 bits per heavy atom. The maximum Gasteiger partial charge on any atom is 0.333 e. The molecule has 0 aliphatic rings. The van der Waals surface area contributed by atoms with Crippen LogP contribution in [-0.2, 0) is 14.3 Å². The zero-order chi connectivity index (χ0) is 11.8. The van der Waals surface area contributed by atoms with Crippen LogP contribution in [0.5, 0.6) is 0 Å². The first-order chi connectivity index (χ1) is 6.99. The lowest BCUT2D eigenvalue weighted by Gasteiger charge is -2.06. The van der Waals surface area contributed by atoms with Gasteiger partial charge in [-0.25, -0.2) is 4.79 Å². The number of hydrogen-bond acceptors (Lipinski definition) is 3. The highest BCUT2D eigenvalue weighted by Crippen LogP contribution is 2.10. The molecule has 0 spiro atoms. The van der Waals surface area contributed by atoms with Gasteiger partial charge in [0.25, 0.3) is 0 Å². The lowest BCUT2D eigenvalue weighted by molar-refractivity contribution is -0.139. The number of allylic oxidation sites excluding steroid dienone is 1. The number of Topliss-reactive ketones (excluding diaryl/α,β-unsaturated/α-hetero) is 1. The Hall–Kier alpha value is -1.38. The molecule has 0 aromatic heterocycles. The van der Waals surface area contributed by atoms with Crippen molar-refractivity contribution in [1.29, 1.82) is 0 Å². The molecule has 0 radical (unpaired) electrons. The fourth-order valence-electron chi connectivity index (χ4n) is 0.865. The van der Waals surface area contributed by atoms with Crippen LogP contribution in [0.4, 0.5) is 0 Å². The maximum atomic E-state index is 11.3. The summed E-state index contributed by atoms with van der Waals surface area (Å²) in [5.41, 5.74) is 0.666. The predicted molar refractivity (Wildman–Crippen MR) is 59.4 cm³/mol. The van der Waals surface area contributed by atoms with Crippen LogP contribution in [0.15, 0.2) is 24.3 Å². The van der Waals surface area contributed by atoms with Crippen molar-refractivity contribution >= 4 is 11.8 Å². The van der Waals surface area contributed by atoms with Gasteiger partial charge in [0.2, 0.25) is 0 Å². The van der Waals surface area contributed by atoms with E-state index in [9.17, 15) is 9.59 Å². The normalized spacial score (nSPS) is 9.47. The van der Waals surface area contributed by atoms with Crippen molar-refractivity contribution < 1.29 is 14.3 Å². The number of esters is 1. The molecule has 0 amide bonds. The van der Waals surface area contributed by atoms with Crippen molar-refractivity contribution in [2.24, 2.45) is 0 Å². The Kier molecular flexibility index (Phi) is 6.34. The van der Waals surface area contributed by atoms with Gasteiger partial charge < -0.3 is 4.74 Å². The fraction of sp³-hybridized carbons (Fsp3) is 0.500. The van der Waals surface area contributed by atoms with E-state index < -0.39 is 5.97 Å². The summed E-state index contributed by atoms with van der Waals surface area (Å²) in [5, 5.41) is 0. The van der Waals surface area contributed by atoms with Gasteiger partial charge in [-0.05, 0) is 18.9 Å².